The monoisotopic (exact) mass is 228 g/mol. The van der Waals surface area contributed by atoms with Crippen LogP contribution < -0.4 is 0 Å². The highest BCUT2D eigenvalue weighted by Gasteiger charge is 2.34. The number of hydrogen-bond acceptors (Lipinski definition) is 2. The molecule has 2 unspecified atom stereocenters. The summed E-state index contributed by atoms with van der Waals surface area (Å²) in [5, 5.41) is 8.67. The van der Waals surface area contributed by atoms with E-state index in [9.17, 15) is 9.59 Å². The molecule has 0 bridgehead atoms. The Labute approximate surface area is 96.0 Å². The van der Waals surface area contributed by atoms with E-state index < -0.39 is 5.97 Å². The number of carboxylic acids is 1. The molecule has 1 fully saturated rings. The fourth-order valence-corrected chi connectivity index (χ4v) is 1.80. The maximum absolute atomic E-state index is 11.9. The Hall–Kier alpha value is -1.26. The van der Waals surface area contributed by atoms with Crippen molar-refractivity contribution in [3.8, 4) is 0 Å². The summed E-state index contributed by atoms with van der Waals surface area (Å²) in [5.74, 6) is 0.325. The quantitative estimate of drug-likeness (QED) is 0.766. The summed E-state index contributed by atoms with van der Waals surface area (Å²) in [7, 11) is 1.73. The molecule has 16 heavy (non-hydrogen) atoms. The Morgan fingerprint density at radius 3 is 2.38 bits per heavy atom. The third kappa shape index (κ3) is 3.40. The van der Waals surface area contributed by atoms with Crippen molar-refractivity contribution < 1.29 is 14.7 Å². The lowest BCUT2D eigenvalue weighted by Gasteiger charge is -2.26. The van der Waals surface area contributed by atoms with Crippen molar-refractivity contribution in [2.24, 2.45) is 11.8 Å². The average molecular weight is 228 g/mol. The van der Waals surface area contributed by atoms with Gasteiger partial charge in [-0.3, -0.25) is 4.79 Å². The van der Waals surface area contributed by atoms with Crippen LogP contribution in [0.25, 0.3) is 0 Å². The van der Waals surface area contributed by atoms with Gasteiger partial charge in [0, 0.05) is 20.1 Å². The van der Waals surface area contributed by atoms with Gasteiger partial charge in [0.1, 0.15) is 6.54 Å². The van der Waals surface area contributed by atoms with Gasteiger partial charge in [-0.2, -0.15) is 0 Å². The largest absolute Gasteiger partial charge is 0.480 e. The van der Waals surface area contributed by atoms with Crippen LogP contribution >= 0.6 is 0 Å². The van der Waals surface area contributed by atoms with Crippen molar-refractivity contribution in [1.29, 1.82) is 0 Å². The topological polar surface area (TPSA) is 60.9 Å². The number of aliphatic carboxylic acids is 1. The van der Waals surface area contributed by atoms with Gasteiger partial charge in [0.25, 0.3) is 0 Å². The zero-order valence-electron chi connectivity index (χ0n) is 10.1. The van der Waals surface area contributed by atoms with Crippen molar-refractivity contribution in [2.75, 3.05) is 26.7 Å². The van der Waals surface area contributed by atoms with E-state index in [1.807, 2.05) is 0 Å². The first-order valence-corrected chi connectivity index (χ1v) is 5.67. The summed E-state index contributed by atoms with van der Waals surface area (Å²) in [6, 6.07) is -0.191. The molecule has 1 aliphatic rings. The molecule has 0 spiro atoms. The van der Waals surface area contributed by atoms with E-state index in [-0.39, 0.29) is 12.6 Å². The standard InChI is InChI=1S/C11H20N2O3/c1-4-13(7-10(14)15)11(16)12(3)6-9-5-8(9)2/h8-9H,4-7H2,1-3H3,(H,14,15). The number of carboxylic acid groups (broad SMARTS) is 1. The van der Waals surface area contributed by atoms with E-state index >= 15 is 0 Å². The summed E-state index contributed by atoms with van der Waals surface area (Å²) in [6.07, 6.45) is 1.17. The summed E-state index contributed by atoms with van der Waals surface area (Å²) < 4.78 is 0. The number of hydrogen-bond donors (Lipinski definition) is 1. The lowest BCUT2D eigenvalue weighted by atomic mass is 10.3. The van der Waals surface area contributed by atoms with Crippen molar-refractivity contribution in [2.45, 2.75) is 20.3 Å². The average Bonchev–Trinajstić information content (AvgIpc) is 2.89. The van der Waals surface area contributed by atoms with Crippen LogP contribution in [0.4, 0.5) is 4.79 Å². The number of carbonyl (C=O) groups excluding carboxylic acids is 1. The SMILES string of the molecule is CCN(CC(=O)O)C(=O)N(C)CC1CC1C. The van der Waals surface area contributed by atoms with Gasteiger partial charge in [0.05, 0.1) is 0 Å². The molecular formula is C11H20N2O3. The molecule has 5 nitrogen and oxygen atoms in total. The minimum atomic E-state index is -0.969. The molecule has 1 saturated carbocycles. The number of carbonyl (C=O) groups is 2. The zero-order valence-corrected chi connectivity index (χ0v) is 10.1. The van der Waals surface area contributed by atoms with Crippen LogP contribution in [0.5, 0.6) is 0 Å². The molecular weight excluding hydrogens is 208 g/mol. The third-order valence-electron chi connectivity index (χ3n) is 3.09. The minimum absolute atomic E-state index is 0.191. The Bertz CT molecular complexity index is 280. The molecule has 92 valence electrons. The first kappa shape index (κ1) is 12.8. The summed E-state index contributed by atoms with van der Waals surface area (Å²) in [4.78, 5) is 25.4. The number of amides is 2. The molecule has 5 heteroatoms. The fourth-order valence-electron chi connectivity index (χ4n) is 1.80. The molecule has 2 amide bonds. The van der Waals surface area contributed by atoms with Gasteiger partial charge < -0.3 is 14.9 Å². The van der Waals surface area contributed by atoms with Crippen molar-refractivity contribution in [1.82, 2.24) is 9.80 Å². The van der Waals surface area contributed by atoms with Crippen LogP contribution in [0.2, 0.25) is 0 Å². The van der Waals surface area contributed by atoms with Crippen molar-refractivity contribution in [3.05, 3.63) is 0 Å². The van der Waals surface area contributed by atoms with Gasteiger partial charge in [-0.05, 0) is 25.2 Å². The minimum Gasteiger partial charge on any atom is -0.480 e. The fraction of sp³-hybridized carbons (Fsp3) is 0.818. The van der Waals surface area contributed by atoms with Gasteiger partial charge in [-0.1, -0.05) is 6.92 Å². The van der Waals surface area contributed by atoms with Crippen LogP contribution in [0.15, 0.2) is 0 Å². The first-order chi connectivity index (χ1) is 7.45. The van der Waals surface area contributed by atoms with Gasteiger partial charge in [0.15, 0.2) is 0 Å². The lowest BCUT2D eigenvalue weighted by molar-refractivity contribution is -0.137. The molecule has 0 radical (unpaired) electrons. The molecule has 0 aliphatic heterocycles. The van der Waals surface area contributed by atoms with Gasteiger partial charge >= 0.3 is 12.0 Å². The smallest absolute Gasteiger partial charge is 0.323 e. The summed E-state index contributed by atoms with van der Waals surface area (Å²) in [5.41, 5.74) is 0. The van der Waals surface area contributed by atoms with Gasteiger partial charge in [-0.15, -0.1) is 0 Å². The van der Waals surface area contributed by atoms with Crippen LogP contribution in [0.3, 0.4) is 0 Å². The van der Waals surface area contributed by atoms with E-state index in [1.54, 1.807) is 18.9 Å². The predicted molar refractivity (Wildman–Crippen MR) is 60.2 cm³/mol. The Morgan fingerprint density at radius 2 is 2.00 bits per heavy atom. The summed E-state index contributed by atoms with van der Waals surface area (Å²) in [6.45, 7) is 4.89. The Kier molecular flexibility index (Phi) is 4.15. The van der Waals surface area contributed by atoms with Gasteiger partial charge in [-0.25, -0.2) is 4.79 Å². The highest BCUT2D eigenvalue weighted by atomic mass is 16.4. The Morgan fingerprint density at radius 1 is 1.44 bits per heavy atom. The van der Waals surface area contributed by atoms with Crippen LogP contribution in [-0.2, 0) is 4.79 Å². The second-order valence-electron chi connectivity index (χ2n) is 4.54. The first-order valence-electron chi connectivity index (χ1n) is 5.67. The maximum atomic E-state index is 11.9. The number of urea groups is 1. The molecule has 0 aromatic carbocycles. The van der Waals surface area contributed by atoms with E-state index in [4.69, 9.17) is 5.11 Å². The van der Waals surface area contributed by atoms with Gasteiger partial charge in [0.2, 0.25) is 0 Å². The number of likely N-dealkylation sites (N-methyl/N-ethyl adjacent to an activating group) is 1. The van der Waals surface area contributed by atoms with Crippen molar-refractivity contribution in [3.63, 3.8) is 0 Å². The number of nitrogens with zero attached hydrogens (tertiary/aromatic N) is 2. The highest BCUT2D eigenvalue weighted by molar-refractivity contribution is 5.80. The summed E-state index contributed by atoms with van der Waals surface area (Å²) >= 11 is 0. The molecule has 1 rings (SSSR count). The van der Waals surface area contributed by atoms with E-state index in [2.05, 4.69) is 6.92 Å². The predicted octanol–water partition coefficient (Wildman–Crippen LogP) is 1.10. The molecule has 0 aromatic heterocycles. The van der Waals surface area contributed by atoms with Crippen LogP contribution in [-0.4, -0.2) is 53.6 Å². The van der Waals surface area contributed by atoms with E-state index in [0.29, 0.717) is 18.4 Å². The zero-order chi connectivity index (χ0) is 12.3. The van der Waals surface area contributed by atoms with E-state index in [0.717, 1.165) is 6.54 Å². The second-order valence-corrected chi connectivity index (χ2v) is 4.54. The molecule has 2 atom stereocenters. The molecule has 0 saturated heterocycles. The van der Waals surface area contributed by atoms with E-state index in [1.165, 1.54) is 11.3 Å². The molecule has 0 aromatic rings. The normalized spacial score (nSPS) is 22.7. The molecule has 1 aliphatic carbocycles. The van der Waals surface area contributed by atoms with Crippen molar-refractivity contribution >= 4 is 12.0 Å². The third-order valence-corrected chi connectivity index (χ3v) is 3.09. The maximum Gasteiger partial charge on any atom is 0.323 e. The molecule has 0 heterocycles. The van der Waals surface area contributed by atoms with Crippen LogP contribution in [0.1, 0.15) is 20.3 Å². The number of rotatable bonds is 5. The van der Waals surface area contributed by atoms with Crippen LogP contribution in [0, 0.1) is 11.8 Å². The molecule has 1 N–H and O–H groups in total. The Balaban J connectivity index is 2.43. The highest BCUT2D eigenvalue weighted by Crippen LogP contribution is 2.38. The second kappa shape index (κ2) is 5.18. The lowest BCUT2D eigenvalue weighted by Crippen LogP contribution is -2.44.